The zero-order chi connectivity index (χ0) is 19.6. The Kier molecular flexibility index (Phi) is 7.86. The van der Waals surface area contributed by atoms with Gasteiger partial charge in [0.2, 0.25) is 0 Å². The van der Waals surface area contributed by atoms with Crippen LogP contribution < -0.4 is 9.47 Å². The van der Waals surface area contributed by atoms with Crippen LogP contribution in [-0.2, 0) is 14.3 Å². The first kappa shape index (κ1) is 20.5. The molecule has 0 bridgehead atoms. The molecular weight excluding hydrogens is 344 g/mol. The highest BCUT2D eigenvalue weighted by Crippen LogP contribution is 2.23. The van der Waals surface area contributed by atoms with E-state index in [-0.39, 0.29) is 17.3 Å². The zero-order valence-corrected chi connectivity index (χ0v) is 16.1. The predicted octanol–water partition coefficient (Wildman–Crippen LogP) is 4.13. The molecule has 27 heavy (non-hydrogen) atoms. The van der Waals surface area contributed by atoms with Gasteiger partial charge in [-0.15, -0.1) is 0 Å². The van der Waals surface area contributed by atoms with Gasteiger partial charge in [-0.3, -0.25) is 4.79 Å². The van der Waals surface area contributed by atoms with Crippen LogP contribution in [0.25, 0.3) is 6.08 Å². The quantitative estimate of drug-likeness (QED) is 0.283. The molecule has 0 radical (unpaired) electrons. The Hall–Kier alpha value is -2.82. The zero-order valence-electron chi connectivity index (χ0n) is 16.1. The third-order valence-electron chi connectivity index (χ3n) is 4.13. The van der Waals surface area contributed by atoms with E-state index in [0.717, 1.165) is 23.5 Å². The average Bonchev–Trinajstić information content (AvgIpc) is 2.68. The van der Waals surface area contributed by atoms with Crippen molar-refractivity contribution in [1.82, 2.24) is 0 Å². The summed E-state index contributed by atoms with van der Waals surface area (Å²) in [6, 6.07) is 5.66. The van der Waals surface area contributed by atoms with Gasteiger partial charge in [0.05, 0.1) is 26.4 Å². The molecule has 0 amide bonds. The number of hydrogen-bond donors (Lipinski definition) is 0. The molecule has 5 heteroatoms. The molecule has 1 aromatic rings. The van der Waals surface area contributed by atoms with E-state index in [1.54, 1.807) is 20.3 Å². The number of benzene rings is 1. The molecule has 1 aliphatic rings. The van der Waals surface area contributed by atoms with E-state index < -0.39 is 5.97 Å². The van der Waals surface area contributed by atoms with Gasteiger partial charge >= 0.3 is 5.97 Å². The number of cyclic esters (lactones) is 1. The fourth-order valence-corrected chi connectivity index (χ4v) is 2.67. The molecule has 1 aliphatic heterocycles. The molecule has 2 rings (SSSR count). The normalized spacial score (nSPS) is 17.1. The standard InChI is InChI=1S/C22H26O5/c1-16-11-20(22(24)27-15-16)21(23)10-8-6-4-5-7-9-17-12-18(25-2)14-19(13-17)26-3/h4-5,7,9,11-14,16H,6,8,10,15H2,1-3H3/b5-4+,9-7+/t16-/m1/s1. The van der Waals surface area contributed by atoms with Gasteiger partial charge in [-0.05, 0) is 30.5 Å². The van der Waals surface area contributed by atoms with Crippen LogP contribution in [0.3, 0.4) is 0 Å². The number of allylic oxidation sites excluding steroid dienone is 3. The molecule has 5 nitrogen and oxygen atoms in total. The van der Waals surface area contributed by atoms with Gasteiger partial charge in [0.25, 0.3) is 0 Å². The number of ketones is 1. The van der Waals surface area contributed by atoms with Crippen LogP contribution in [0.15, 0.2) is 48.1 Å². The number of methoxy groups -OCH3 is 2. The van der Waals surface area contributed by atoms with E-state index in [9.17, 15) is 9.59 Å². The van der Waals surface area contributed by atoms with Gasteiger partial charge in [-0.1, -0.05) is 37.3 Å². The van der Waals surface area contributed by atoms with E-state index in [0.29, 0.717) is 19.4 Å². The van der Waals surface area contributed by atoms with E-state index in [1.165, 1.54) is 0 Å². The Bertz CT molecular complexity index is 736. The van der Waals surface area contributed by atoms with Gasteiger partial charge in [-0.25, -0.2) is 4.79 Å². The minimum absolute atomic E-state index is 0.0990. The van der Waals surface area contributed by atoms with E-state index in [1.807, 2.05) is 49.4 Å². The summed E-state index contributed by atoms with van der Waals surface area (Å²) in [5.41, 5.74) is 1.17. The molecule has 0 unspecified atom stereocenters. The van der Waals surface area contributed by atoms with E-state index >= 15 is 0 Å². The number of carbonyl (C=O) groups is 2. The first-order valence-corrected chi connectivity index (χ1v) is 9.02. The highest BCUT2D eigenvalue weighted by Gasteiger charge is 2.24. The molecule has 1 atom stereocenters. The summed E-state index contributed by atoms with van der Waals surface area (Å²) in [5.74, 6) is 0.939. The highest BCUT2D eigenvalue weighted by molar-refractivity contribution is 6.17. The third-order valence-corrected chi connectivity index (χ3v) is 4.13. The topological polar surface area (TPSA) is 61.8 Å². The van der Waals surface area contributed by atoms with Crippen LogP contribution in [0.5, 0.6) is 11.5 Å². The molecule has 0 N–H and O–H groups in total. The van der Waals surface area contributed by atoms with Crippen LogP contribution in [-0.4, -0.2) is 32.6 Å². The Morgan fingerprint density at radius 1 is 1.19 bits per heavy atom. The number of carbonyl (C=O) groups excluding carboxylic acids is 2. The van der Waals surface area contributed by atoms with Crippen LogP contribution in [0.2, 0.25) is 0 Å². The summed E-state index contributed by atoms with van der Waals surface area (Å²) >= 11 is 0. The van der Waals surface area contributed by atoms with Gasteiger partial charge in [0.15, 0.2) is 5.78 Å². The lowest BCUT2D eigenvalue weighted by Crippen LogP contribution is -2.24. The van der Waals surface area contributed by atoms with Gasteiger partial charge in [-0.2, -0.15) is 0 Å². The Labute approximate surface area is 160 Å². The SMILES string of the molecule is COc1cc(/C=C/C=C/CCCC(=O)C2=C[C@@H](C)COC2=O)cc(OC)c1. The molecule has 0 aromatic heterocycles. The van der Waals surface area contributed by atoms with Crippen molar-refractivity contribution >= 4 is 17.8 Å². The lowest BCUT2D eigenvalue weighted by atomic mass is 9.99. The number of unbranched alkanes of at least 4 members (excludes halogenated alkanes) is 1. The van der Waals surface area contributed by atoms with Crippen molar-refractivity contribution in [3.8, 4) is 11.5 Å². The smallest absolute Gasteiger partial charge is 0.341 e. The largest absolute Gasteiger partial charge is 0.497 e. The minimum atomic E-state index is -0.495. The summed E-state index contributed by atoms with van der Waals surface area (Å²) in [6.07, 6.45) is 11.3. The van der Waals surface area contributed by atoms with Crippen molar-refractivity contribution in [3.05, 3.63) is 53.6 Å². The number of Topliss-reactive ketones (excluding diaryl/α,β-unsaturated/α-hetero) is 1. The van der Waals surface area contributed by atoms with Crippen molar-refractivity contribution in [3.63, 3.8) is 0 Å². The second-order valence-electron chi connectivity index (χ2n) is 6.40. The molecule has 0 spiro atoms. The minimum Gasteiger partial charge on any atom is -0.497 e. The summed E-state index contributed by atoms with van der Waals surface area (Å²) in [5, 5.41) is 0. The number of hydrogen-bond acceptors (Lipinski definition) is 5. The second kappa shape index (κ2) is 10.4. The van der Waals surface area contributed by atoms with Crippen molar-refractivity contribution in [1.29, 1.82) is 0 Å². The molecule has 1 aromatic carbocycles. The highest BCUT2D eigenvalue weighted by atomic mass is 16.5. The van der Waals surface area contributed by atoms with Crippen molar-refractivity contribution < 1.29 is 23.8 Å². The third kappa shape index (κ3) is 6.44. The monoisotopic (exact) mass is 370 g/mol. The first-order valence-electron chi connectivity index (χ1n) is 9.02. The van der Waals surface area contributed by atoms with E-state index in [4.69, 9.17) is 14.2 Å². The summed E-state index contributed by atoms with van der Waals surface area (Å²) in [4.78, 5) is 23.7. The molecule has 0 aliphatic carbocycles. The maximum Gasteiger partial charge on any atom is 0.341 e. The number of rotatable bonds is 9. The average molecular weight is 370 g/mol. The lowest BCUT2D eigenvalue weighted by molar-refractivity contribution is -0.142. The van der Waals surface area contributed by atoms with Crippen LogP contribution >= 0.6 is 0 Å². The summed E-state index contributed by atoms with van der Waals surface area (Å²) < 4.78 is 15.5. The Morgan fingerprint density at radius 2 is 1.89 bits per heavy atom. The predicted molar refractivity (Wildman–Crippen MR) is 105 cm³/mol. The fourth-order valence-electron chi connectivity index (χ4n) is 2.67. The van der Waals surface area contributed by atoms with Crippen molar-refractivity contribution in [2.45, 2.75) is 26.2 Å². The molecular formula is C22H26O5. The lowest BCUT2D eigenvalue weighted by Gasteiger charge is -2.16. The molecule has 0 fully saturated rings. The molecule has 0 saturated heterocycles. The van der Waals surface area contributed by atoms with Gasteiger partial charge in [0.1, 0.15) is 11.5 Å². The summed E-state index contributed by atoms with van der Waals surface area (Å²) in [7, 11) is 3.24. The van der Waals surface area contributed by atoms with Gasteiger partial charge < -0.3 is 14.2 Å². The van der Waals surface area contributed by atoms with Crippen molar-refractivity contribution in [2.75, 3.05) is 20.8 Å². The molecule has 1 heterocycles. The fraction of sp³-hybridized carbons (Fsp3) is 0.364. The number of ether oxygens (including phenoxy) is 3. The first-order chi connectivity index (χ1) is 13.0. The Balaban J connectivity index is 1.79. The van der Waals surface area contributed by atoms with Crippen LogP contribution in [0.1, 0.15) is 31.7 Å². The van der Waals surface area contributed by atoms with E-state index in [2.05, 4.69) is 0 Å². The van der Waals surface area contributed by atoms with Crippen LogP contribution in [0.4, 0.5) is 0 Å². The second-order valence-corrected chi connectivity index (χ2v) is 6.40. The number of esters is 1. The Morgan fingerprint density at radius 3 is 2.56 bits per heavy atom. The molecule has 144 valence electrons. The van der Waals surface area contributed by atoms with Gasteiger partial charge in [0, 0.05) is 18.4 Å². The van der Waals surface area contributed by atoms with Crippen LogP contribution in [0, 0.1) is 5.92 Å². The molecule has 0 saturated carbocycles. The summed E-state index contributed by atoms with van der Waals surface area (Å²) in [6.45, 7) is 2.27. The maximum absolute atomic E-state index is 12.1. The van der Waals surface area contributed by atoms with Crippen molar-refractivity contribution in [2.24, 2.45) is 5.92 Å². The maximum atomic E-state index is 12.1.